The van der Waals surface area contributed by atoms with Crippen LogP contribution in [-0.4, -0.2) is 40.5 Å². The van der Waals surface area contributed by atoms with Crippen molar-refractivity contribution in [1.29, 1.82) is 0 Å². The highest BCUT2D eigenvalue weighted by atomic mass is 35.5. The van der Waals surface area contributed by atoms with Crippen molar-refractivity contribution in [3.63, 3.8) is 0 Å². The van der Waals surface area contributed by atoms with Gasteiger partial charge < -0.3 is 15.7 Å². The van der Waals surface area contributed by atoms with Gasteiger partial charge in [0.05, 0.1) is 12.7 Å². The van der Waals surface area contributed by atoms with Crippen LogP contribution >= 0.6 is 23.2 Å². The third kappa shape index (κ3) is 6.72. The highest BCUT2D eigenvalue weighted by Gasteiger charge is 2.24. The number of aliphatic imine (C=N–C) groups is 1. The highest BCUT2D eigenvalue weighted by molar-refractivity contribution is 6.35. The van der Waals surface area contributed by atoms with Crippen molar-refractivity contribution < 1.29 is 5.11 Å². The minimum Gasteiger partial charge on any atom is -0.383 e. The minimum atomic E-state index is -1.08. The van der Waals surface area contributed by atoms with Gasteiger partial charge in [-0.05, 0) is 44.4 Å². The first-order valence-electron chi connectivity index (χ1n) is 8.99. The second-order valence-corrected chi connectivity index (χ2v) is 7.48. The molecule has 0 aliphatic rings. The Bertz CT molecular complexity index is 773. The smallest absolute Gasteiger partial charge is 0.191 e. The topological polar surface area (TPSA) is 74.5 Å². The number of guanidine groups is 1. The van der Waals surface area contributed by atoms with Crippen LogP contribution in [0, 0.1) is 0 Å². The molecule has 0 fully saturated rings. The number of hydrogen-bond donors (Lipinski definition) is 3. The SMILES string of the molecule is CCNC(=NCC(C)(O)c1cnn(C)c1)NCCCc1ccc(Cl)cc1Cl. The Morgan fingerprint density at radius 3 is 2.74 bits per heavy atom. The number of halogens is 2. The van der Waals surface area contributed by atoms with Gasteiger partial charge in [-0.1, -0.05) is 29.3 Å². The zero-order valence-corrected chi connectivity index (χ0v) is 17.5. The Morgan fingerprint density at radius 1 is 1.33 bits per heavy atom. The number of rotatable bonds is 8. The molecule has 0 aliphatic heterocycles. The average molecular weight is 412 g/mol. The first kappa shape index (κ1) is 21.5. The zero-order chi connectivity index (χ0) is 19.9. The number of aliphatic hydroxyl groups is 1. The van der Waals surface area contributed by atoms with E-state index in [4.69, 9.17) is 23.2 Å². The number of hydrogen-bond acceptors (Lipinski definition) is 3. The van der Waals surface area contributed by atoms with Crippen LogP contribution in [0.5, 0.6) is 0 Å². The molecule has 1 aromatic carbocycles. The van der Waals surface area contributed by atoms with E-state index in [1.165, 1.54) is 0 Å². The van der Waals surface area contributed by atoms with E-state index < -0.39 is 5.60 Å². The fourth-order valence-electron chi connectivity index (χ4n) is 2.58. The Hall–Kier alpha value is -1.76. The molecule has 1 unspecified atom stereocenters. The third-order valence-electron chi connectivity index (χ3n) is 4.15. The molecule has 2 aromatic rings. The fourth-order valence-corrected chi connectivity index (χ4v) is 3.08. The molecule has 1 atom stereocenters. The van der Waals surface area contributed by atoms with Gasteiger partial charge in [-0.25, -0.2) is 4.99 Å². The Labute approximate surface area is 170 Å². The first-order valence-corrected chi connectivity index (χ1v) is 9.75. The molecule has 2 rings (SSSR count). The number of aromatic nitrogens is 2. The summed E-state index contributed by atoms with van der Waals surface area (Å²) in [6.45, 7) is 5.45. The van der Waals surface area contributed by atoms with Crippen molar-refractivity contribution >= 4 is 29.2 Å². The lowest BCUT2D eigenvalue weighted by Crippen LogP contribution is -2.39. The van der Waals surface area contributed by atoms with Gasteiger partial charge in [0, 0.05) is 41.9 Å². The zero-order valence-electron chi connectivity index (χ0n) is 16.0. The van der Waals surface area contributed by atoms with Crippen molar-refractivity contribution in [2.45, 2.75) is 32.3 Å². The molecular weight excluding hydrogens is 385 g/mol. The van der Waals surface area contributed by atoms with Crippen LogP contribution in [0.3, 0.4) is 0 Å². The van der Waals surface area contributed by atoms with Crippen LogP contribution in [0.4, 0.5) is 0 Å². The maximum atomic E-state index is 10.6. The minimum absolute atomic E-state index is 0.233. The van der Waals surface area contributed by atoms with Crippen LogP contribution in [0.1, 0.15) is 31.4 Å². The fraction of sp³-hybridized carbons (Fsp3) is 0.474. The van der Waals surface area contributed by atoms with E-state index in [1.807, 2.05) is 26.1 Å². The predicted molar refractivity (Wildman–Crippen MR) is 112 cm³/mol. The van der Waals surface area contributed by atoms with Gasteiger partial charge in [0.25, 0.3) is 0 Å². The Balaban J connectivity index is 1.87. The summed E-state index contributed by atoms with van der Waals surface area (Å²) in [6.07, 6.45) is 5.19. The lowest BCUT2D eigenvalue weighted by atomic mass is 10.0. The third-order valence-corrected chi connectivity index (χ3v) is 4.73. The first-order chi connectivity index (χ1) is 12.8. The van der Waals surface area contributed by atoms with E-state index in [2.05, 4.69) is 20.7 Å². The van der Waals surface area contributed by atoms with E-state index in [-0.39, 0.29) is 6.54 Å². The van der Waals surface area contributed by atoms with Crippen LogP contribution in [0.15, 0.2) is 35.6 Å². The van der Waals surface area contributed by atoms with Crippen LogP contribution in [-0.2, 0) is 19.1 Å². The van der Waals surface area contributed by atoms with Gasteiger partial charge in [-0.15, -0.1) is 0 Å². The second-order valence-electron chi connectivity index (χ2n) is 6.64. The van der Waals surface area contributed by atoms with Gasteiger partial charge in [-0.3, -0.25) is 4.68 Å². The second kappa shape index (κ2) is 9.97. The summed E-state index contributed by atoms with van der Waals surface area (Å²) in [5.74, 6) is 0.670. The molecule has 0 radical (unpaired) electrons. The lowest BCUT2D eigenvalue weighted by molar-refractivity contribution is 0.0672. The van der Waals surface area contributed by atoms with Gasteiger partial charge in [0.2, 0.25) is 0 Å². The summed E-state index contributed by atoms with van der Waals surface area (Å²) in [4.78, 5) is 4.51. The highest BCUT2D eigenvalue weighted by Crippen LogP contribution is 2.22. The Morgan fingerprint density at radius 2 is 2.11 bits per heavy atom. The van der Waals surface area contributed by atoms with Gasteiger partial charge in [0.15, 0.2) is 5.96 Å². The molecule has 148 valence electrons. The van der Waals surface area contributed by atoms with E-state index in [9.17, 15) is 5.11 Å². The molecule has 27 heavy (non-hydrogen) atoms. The van der Waals surface area contributed by atoms with Gasteiger partial charge >= 0.3 is 0 Å². The summed E-state index contributed by atoms with van der Waals surface area (Å²) in [7, 11) is 1.82. The maximum Gasteiger partial charge on any atom is 0.191 e. The van der Waals surface area contributed by atoms with Gasteiger partial charge in [0.1, 0.15) is 5.60 Å². The molecule has 0 amide bonds. The van der Waals surface area contributed by atoms with E-state index in [0.29, 0.717) is 16.0 Å². The van der Waals surface area contributed by atoms with E-state index in [0.717, 1.165) is 37.1 Å². The molecule has 0 spiro atoms. The summed E-state index contributed by atoms with van der Waals surface area (Å²) in [5, 5.41) is 22.6. The lowest BCUT2D eigenvalue weighted by Gasteiger charge is -2.20. The molecule has 6 nitrogen and oxygen atoms in total. The monoisotopic (exact) mass is 411 g/mol. The van der Waals surface area contributed by atoms with Crippen LogP contribution < -0.4 is 10.6 Å². The number of aryl methyl sites for hydroxylation is 2. The standard InChI is InChI=1S/C19H27Cl2N5O/c1-4-22-18(24-13-19(2,27)15-11-25-26(3)12-15)23-9-5-6-14-7-8-16(20)10-17(14)21/h7-8,10-12,27H,4-6,9,13H2,1-3H3,(H2,22,23,24). The average Bonchev–Trinajstić information content (AvgIpc) is 3.05. The van der Waals surface area contributed by atoms with E-state index in [1.54, 1.807) is 30.1 Å². The number of nitrogens with one attached hydrogen (secondary N) is 2. The summed E-state index contributed by atoms with van der Waals surface area (Å²) in [6, 6.07) is 5.56. The van der Waals surface area contributed by atoms with Crippen molar-refractivity contribution in [1.82, 2.24) is 20.4 Å². The summed E-state index contributed by atoms with van der Waals surface area (Å²) >= 11 is 12.1. The number of benzene rings is 1. The van der Waals surface area contributed by atoms with Crippen molar-refractivity contribution in [3.8, 4) is 0 Å². The maximum absolute atomic E-state index is 10.6. The molecule has 0 saturated heterocycles. The largest absolute Gasteiger partial charge is 0.383 e. The summed E-state index contributed by atoms with van der Waals surface area (Å²) < 4.78 is 1.67. The molecule has 0 aliphatic carbocycles. The molecule has 0 bridgehead atoms. The van der Waals surface area contributed by atoms with Crippen molar-refractivity contribution in [2.24, 2.45) is 12.0 Å². The predicted octanol–water partition coefficient (Wildman–Crippen LogP) is 3.12. The van der Waals surface area contributed by atoms with Crippen LogP contribution in [0.25, 0.3) is 0 Å². The normalized spacial score (nSPS) is 14.1. The molecule has 3 N–H and O–H groups in total. The molecular formula is C19H27Cl2N5O. The molecule has 8 heteroatoms. The Kier molecular flexibility index (Phi) is 7.95. The molecule has 1 heterocycles. The number of nitrogens with zero attached hydrogens (tertiary/aromatic N) is 3. The molecule has 0 saturated carbocycles. The molecule has 1 aromatic heterocycles. The van der Waals surface area contributed by atoms with Crippen LogP contribution in [0.2, 0.25) is 10.0 Å². The quantitative estimate of drug-likeness (QED) is 0.354. The van der Waals surface area contributed by atoms with Crippen molar-refractivity contribution in [3.05, 3.63) is 51.8 Å². The van der Waals surface area contributed by atoms with E-state index >= 15 is 0 Å². The summed E-state index contributed by atoms with van der Waals surface area (Å²) in [5.41, 5.74) is 0.735. The van der Waals surface area contributed by atoms with Gasteiger partial charge in [-0.2, -0.15) is 5.10 Å². The van der Waals surface area contributed by atoms with Crippen molar-refractivity contribution in [2.75, 3.05) is 19.6 Å².